The normalized spacial score (nSPS) is 16.6. The lowest BCUT2D eigenvalue weighted by Gasteiger charge is -2.22. The van der Waals surface area contributed by atoms with Gasteiger partial charge >= 0.3 is 0 Å². The molecule has 2 aromatic carbocycles. The Hall–Kier alpha value is -2.04. The van der Waals surface area contributed by atoms with E-state index in [2.05, 4.69) is 10.6 Å². The topological polar surface area (TPSA) is 50.4 Å². The number of carbonyl (C=O) groups is 1. The van der Waals surface area contributed by atoms with Crippen LogP contribution in [0, 0.1) is 5.92 Å². The number of carbonyl (C=O) groups excluding carboxylic acids is 1. The van der Waals surface area contributed by atoms with Crippen molar-refractivity contribution in [3.63, 3.8) is 0 Å². The Morgan fingerprint density at radius 1 is 1.16 bits per heavy atom. The van der Waals surface area contributed by atoms with E-state index in [0.29, 0.717) is 23.8 Å². The van der Waals surface area contributed by atoms with E-state index >= 15 is 0 Å². The van der Waals surface area contributed by atoms with Crippen molar-refractivity contribution in [1.29, 1.82) is 0 Å². The van der Waals surface area contributed by atoms with Crippen molar-refractivity contribution in [2.45, 2.75) is 19.4 Å². The van der Waals surface area contributed by atoms with E-state index in [1.54, 1.807) is 6.07 Å². The number of rotatable bonds is 6. The summed E-state index contributed by atoms with van der Waals surface area (Å²) in [7, 11) is 0. The van der Waals surface area contributed by atoms with E-state index in [1.807, 2.05) is 48.5 Å². The van der Waals surface area contributed by atoms with Gasteiger partial charge in [0.15, 0.2) is 0 Å². The van der Waals surface area contributed by atoms with Crippen molar-refractivity contribution in [3.05, 3.63) is 65.7 Å². The number of hydrogen-bond donors (Lipinski definition) is 2. The zero-order chi connectivity index (χ0) is 16.6. The molecule has 0 radical (unpaired) electrons. The molecule has 0 saturated carbocycles. The average Bonchev–Trinajstić information content (AvgIpc) is 2.66. The van der Waals surface area contributed by atoms with Crippen LogP contribution in [-0.2, 0) is 6.61 Å². The van der Waals surface area contributed by atoms with Gasteiger partial charge in [0.2, 0.25) is 0 Å². The predicted octanol–water partition coefficient (Wildman–Crippen LogP) is 3.42. The van der Waals surface area contributed by atoms with Crippen molar-refractivity contribution in [3.8, 4) is 5.75 Å². The molecule has 0 aliphatic carbocycles. The van der Waals surface area contributed by atoms with Crippen LogP contribution in [0.4, 0.5) is 0 Å². The molecular weight excluding hydrogens is 336 g/mol. The maximum absolute atomic E-state index is 12.3. The number of ether oxygens (including phenoxy) is 1. The van der Waals surface area contributed by atoms with Gasteiger partial charge in [0.1, 0.15) is 12.4 Å². The second-order valence-corrected chi connectivity index (χ2v) is 6.22. The van der Waals surface area contributed by atoms with E-state index in [1.165, 1.54) is 12.8 Å². The molecule has 1 atom stereocenters. The first-order valence-electron chi connectivity index (χ1n) is 8.57. The van der Waals surface area contributed by atoms with E-state index in [4.69, 9.17) is 4.74 Å². The molecule has 5 heteroatoms. The first kappa shape index (κ1) is 19.3. The minimum atomic E-state index is -0.0364. The largest absolute Gasteiger partial charge is 0.489 e. The van der Waals surface area contributed by atoms with Gasteiger partial charge in [0.25, 0.3) is 5.91 Å². The summed E-state index contributed by atoms with van der Waals surface area (Å²) in [5.41, 5.74) is 1.75. The summed E-state index contributed by atoms with van der Waals surface area (Å²) in [5, 5.41) is 6.40. The quantitative estimate of drug-likeness (QED) is 0.830. The SMILES string of the molecule is Cl.O=C(NCC1CCCNC1)c1cccc(OCc2ccccc2)c1. The lowest BCUT2D eigenvalue weighted by Crippen LogP contribution is -2.38. The highest BCUT2D eigenvalue weighted by Crippen LogP contribution is 2.16. The molecule has 1 aliphatic rings. The van der Waals surface area contributed by atoms with Gasteiger partial charge in [-0.05, 0) is 55.6 Å². The first-order valence-corrected chi connectivity index (χ1v) is 8.57. The Balaban J connectivity index is 0.00000225. The van der Waals surface area contributed by atoms with Crippen LogP contribution in [0.25, 0.3) is 0 Å². The molecule has 0 spiro atoms. The Bertz CT molecular complexity index is 658. The average molecular weight is 361 g/mol. The van der Waals surface area contributed by atoms with Gasteiger partial charge in [-0.2, -0.15) is 0 Å². The molecule has 1 saturated heterocycles. The van der Waals surface area contributed by atoms with Crippen molar-refractivity contribution in [2.24, 2.45) is 5.92 Å². The molecule has 1 heterocycles. The van der Waals surface area contributed by atoms with Crippen LogP contribution in [0.15, 0.2) is 54.6 Å². The van der Waals surface area contributed by atoms with Crippen LogP contribution in [0.1, 0.15) is 28.8 Å². The summed E-state index contributed by atoms with van der Waals surface area (Å²) in [6.07, 6.45) is 2.36. The molecule has 1 aliphatic heterocycles. The molecular formula is C20H25ClN2O2. The van der Waals surface area contributed by atoms with Gasteiger partial charge in [0.05, 0.1) is 0 Å². The second-order valence-electron chi connectivity index (χ2n) is 6.22. The summed E-state index contributed by atoms with van der Waals surface area (Å²) in [4.78, 5) is 12.3. The van der Waals surface area contributed by atoms with Crippen molar-refractivity contribution < 1.29 is 9.53 Å². The fourth-order valence-corrected chi connectivity index (χ4v) is 2.91. The van der Waals surface area contributed by atoms with Gasteiger partial charge in [-0.15, -0.1) is 12.4 Å². The highest BCUT2D eigenvalue weighted by molar-refractivity contribution is 5.94. The van der Waals surface area contributed by atoms with Crippen LogP contribution >= 0.6 is 12.4 Å². The van der Waals surface area contributed by atoms with Gasteiger partial charge in [0, 0.05) is 12.1 Å². The molecule has 1 unspecified atom stereocenters. The third-order valence-electron chi connectivity index (χ3n) is 4.29. The summed E-state index contributed by atoms with van der Waals surface area (Å²) in [6.45, 7) is 3.30. The molecule has 134 valence electrons. The summed E-state index contributed by atoms with van der Waals surface area (Å²) < 4.78 is 5.79. The maximum atomic E-state index is 12.3. The standard InChI is InChI=1S/C20H24N2O2.ClH/c23-20(22-14-17-8-5-11-21-13-17)18-9-4-10-19(12-18)24-15-16-6-2-1-3-7-16;/h1-4,6-7,9-10,12,17,21H,5,8,11,13-15H2,(H,22,23);1H. The van der Waals surface area contributed by atoms with E-state index in [9.17, 15) is 4.79 Å². The molecule has 25 heavy (non-hydrogen) atoms. The Kier molecular flexibility index (Phi) is 7.76. The van der Waals surface area contributed by atoms with E-state index in [0.717, 1.165) is 25.2 Å². The Morgan fingerprint density at radius 2 is 2.00 bits per heavy atom. The van der Waals surface area contributed by atoms with Crippen LogP contribution in [0.5, 0.6) is 5.75 Å². The number of hydrogen-bond acceptors (Lipinski definition) is 3. The highest BCUT2D eigenvalue weighted by atomic mass is 35.5. The van der Waals surface area contributed by atoms with Gasteiger partial charge in [-0.1, -0.05) is 36.4 Å². The van der Waals surface area contributed by atoms with Gasteiger partial charge in [-0.3, -0.25) is 4.79 Å². The van der Waals surface area contributed by atoms with Crippen LogP contribution in [0.2, 0.25) is 0 Å². The monoisotopic (exact) mass is 360 g/mol. The Morgan fingerprint density at radius 3 is 2.76 bits per heavy atom. The van der Waals surface area contributed by atoms with Crippen LogP contribution in [-0.4, -0.2) is 25.5 Å². The zero-order valence-electron chi connectivity index (χ0n) is 14.2. The number of benzene rings is 2. The van der Waals surface area contributed by atoms with E-state index < -0.39 is 0 Å². The van der Waals surface area contributed by atoms with Crippen molar-refractivity contribution in [2.75, 3.05) is 19.6 Å². The minimum absolute atomic E-state index is 0. The molecule has 4 nitrogen and oxygen atoms in total. The summed E-state index contributed by atoms with van der Waals surface area (Å²) in [5.74, 6) is 1.21. The maximum Gasteiger partial charge on any atom is 0.251 e. The lowest BCUT2D eigenvalue weighted by molar-refractivity contribution is 0.0944. The molecule has 3 rings (SSSR count). The number of nitrogens with one attached hydrogen (secondary N) is 2. The molecule has 0 aromatic heterocycles. The Labute approximate surface area is 155 Å². The molecule has 2 aromatic rings. The molecule has 1 amide bonds. The minimum Gasteiger partial charge on any atom is -0.489 e. The lowest BCUT2D eigenvalue weighted by atomic mass is 9.99. The first-order chi connectivity index (χ1) is 11.8. The van der Waals surface area contributed by atoms with Crippen LogP contribution < -0.4 is 15.4 Å². The van der Waals surface area contributed by atoms with Gasteiger partial charge < -0.3 is 15.4 Å². The molecule has 2 N–H and O–H groups in total. The third-order valence-corrected chi connectivity index (χ3v) is 4.29. The summed E-state index contributed by atoms with van der Waals surface area (Å²) >= 11 is 0. The third kappa shape index (κ3) is 6.07. The van der Waals surface area contributed by atoms with Crippen LogP contribution in [0.3, 0.4) is 0 Å². The number of amides is 1. The molecule has 1 fully saturated rings. The summed E-state index contributed by atoms with van der Waals surface area (Å²) in [6, 6.07) is 17.4. The second kappa shape index (κ2) is 10.1. The highest BCUT2D eigenvalue weighted by Gasteiger charge is 2.14. The van der Waals surface area contributed by atoms with Gasteiger partial charge in [-0.25, -0.2) is 0 Å². The molecule has 0 bridgehead atoms. The smallest absolute Gasteiger partial charge is 0.251 e. The number of halogens is 1. The fourth-order valence-electron chi connectivity index (χ4n) is 2.91. The zero-order valence-corrected chi connectivity index (χ0v) is 15.1. The van der Waals surface area contributed by atoms with Crippen molar-refractivity contribution >= 4 is 18.3 Å². The fraction of sp³-hybridized carbons (Fsp3) is 0.350. The predicted molar refractivity (Wildman–Crippen MR) is 102 cm³/mol. The van der Waals surface area contributed by atoms with E-state index in [-0.39, 0.29) is 18.3 Å². The number of piperidine rings is 1. The van der Waals surface area contributed by atoms with Crippen molar-refractivity contribution in [1.82, 2.24) is 10.6 Å².